The van der Waals surface area contributed by atoms with Crippen molar-refractivity contribution >= 4 is 17.6 Å². The highest BCUT2D eigenvalue weighted by molar-refractivity contribution is 6.30. The molecule has 0 N–H and O–H groups in total. The summed E-state index contributed by atoms with van der Waals surface area (Å²) < 4.78 is 16.6. The maximum atomic E-state index is 12.1. The molecule has 0 aliphatic heterocycles. The maximum Gasteiger partial charge on any atom is 0.344 e. The van der Waals surface area contributed by atoms with Crippen LogP contribution in [0.5, 0.6) is 5.75 Å². The minimum Gasteiger partial charge on any atom is -0.481 e. The summed E-state index contributed by atoms with van der Waals surface area (Å²) in [6.45, 7) is 7.18. The SMILES string of the molecule is Cc1ccc(-c2nnc([C@@H](C)OC(=O)COc3c(C)cc(Cl)cc3C)o2)cc1. The zero-order valence-electron chi connectivity index (χ0n) is 16.2. The van der Waals surface area contributed by atoms with Crippen molar-refractivity contribution in [3.63, 3.8) is 0 Å². The van der Waals surface area contributed by atoms with Gasteiger partial charge in [-0.3, -0.25) is 0 Å². The van der Waals surface area contributed by atoms with Crippen molar-refractivity contribution in [1.82, 2.24) is 10.2 Å². The molecule has 6 nitrogen and oxygen atoms in total. The summed E-state index contributed by atoms with van der Waals surface area (Å²) in [5.41, 5.74) is 3.65. The van der Waals surface area contributed by atoms with Crippen LogP contribution in [0.2, 0.25) is 5.02 Å². The second-order valence-electron chi connectivity index (χ2n) is 6.60. The molecule has 1 heterocycles. The first-order chi connectivity index (χ1) is 13.3. The molecular formula is C21H21ClN2O4. The number of nitrogens with zero attached hydrogens (tertiary/aromatic N) is 2. The first-order valence-electron chi connectivity index (χ1n) is 8.83. The van der Waals surface area contributed by atoms with E-state index in [0.717, 1.165) is 22.3 Å². The van der Waals surface area contributed by atoms with E-state index in [-0.39, 0.29) is 12.5 Å². The van der Waals surface area contributed by atoms with Crippen LogP contribution in [-0.2, 0) is 9.53 Å². The number of ether oxygens (including phenoxy) is 2. The third kappa shape index (κ3) is 4.70. The number of carbonyl (C=O) groups is 1. The largest absolute Gasteiger partial charge is 0.481 e. The summed E-state index contributed by atoms with van der Waals surface area (Å²) in [5.74, 6) is 0.689. The van der Waals surface area contributed by atoms with Gasteiger partial charge in [-0.05, 0) is 63.1 Å². The molecule has 0 saturated carbocycles. The lowest BCUT2D eigenvalue weighted by atomic mass is 10.1. The van der Waals surface area contributed by atoms with Crippen LogP contribution in [0.4, 0.5) is 0 Å². The topological polar surface area (TPSA) is 74.5 Å². The summed E-state index contributed by atoms with van der Waals surface area (Å²) in [7, 11) is 0. The van der Waals surface area contributed by atoms with Crippen molar-refractivity contribution in [2.75, 3.05) is 6.61 Å². The van der Waals surface area contributed by atoms with E-state index < -0.39 is 12.1 Å². The van der Waals surface area contributed by atoms with Crippen LogP contribution < -0.4 is 4.74 Å². The number of carbonyl (C=O) groups excluding carboxylic acids is 1. The fourth-order valence-electron chi connectivity index (χ4n) is 2.75. The molecule has 0 radical (unpaired) electrons. The van der Waals surface area contributed by atoms with E-state index >= 15 is 0 Å². The van der Waals surface area contributed by atoms with Crippen LogP contribution in [0.15, 0.2) is 40.8 Å². The number of esters is 1. The highest BCUT2D eigenvalue weighted by Gasteiger charge is 2.20. The van der Waals surface area contributed by atoms with Crippen molar-refractivity contribution < 1.29 is 18.7 Å². The molecule has 1 atom stereocenters. The Bertz CT molecular complexity index is 959. The van der Waals surface area contributed by atoms with E-state index in [2.05, 4.69) is 10.2 Å². The molecule has 0 aliphatic carbocycles. The zero-order valence-corrected chi connectivity index (χ0v) is 16.9. The molecule has 0 bridgehead atoms. The third-order valence-electron chi connectivity index (χ3n) is 4.15. The fraction of sp³-hybridized carbons (Fsp3) is 0.286. The summed E-state index contributed by atoms with van der Waals surface area (Å²) in [4.78, 5) is 12.1. The van der Waals surface area contributed by atoms with Gasteiger partial charge in [-0.15, -0.1) is 10.2 Å². The summed E-state index contributed by atoms with van der Waals surface area (Å²) in [6, 6.07) is 11.3. The standard InChI is InChI=1S/C21H21ClN2O4/c1-12-5-7-16(8-6-12)21-24-23-20(28-21)15(4)27-18(25)11-26-19-13(2)9-17(22)10-14(19)3/h5-10,15H,11H2,1-4H3/t15-/m1/s1. The van der Waals surface area contributed by atoms with E-state index in [9.17, 15) is 4.79 Å². The lowest BCUT2D eigenvalue weighted by Crippen LogP contribution is -2.17. The van der Waals surface area contributed by atoms with Gasteiger partial charge >= 0.3 is 5.97 Å². The molecule has 0 aliphatic rings. The molecule has 0 fully saturated rings. The highest BCUT2D eigenvalue weighted by atomic mass is 35.5. The molecule has 1 aromatic heterocycles. The zero-order chi connectivity index (χ0) is 20.3. The van der Waals surface area contributed by atoms with Crippen LogP contribution in [0, 0.1) is 20.8 Å². The lowest BCUT2D eigenvalue weighted by molar-refractivity contribution is -0.152. The van der Waals surface area contributed by atoms with Gasteiger partial charge in [0.2, 0.25) is 5.89 Å². The predicted octanol–water partition coefficient (Wildman–Crippen LogP) is 5.00. The molecule has 3 rings (SSSR count). The Morgan fingerprint density at radius 2 is 1.75 bits per heavy atom. The van der Waals surface area contributed by atoms with Gasteiger partial charge in [-0.25, -0.2) is 4.79 Å². The minimum atomic E-state index is -0.685. The lowest BCUT2D eigenvalue weighted by Gasteiger charge is -2.13. The Balaban J connectivity index is 1.60. The number of aromatic nitrogens is 2. The van der Waals surface area contributed by atoms with Crippen LogP contribution >= 0.6 is 11.6 Å². The number of benzene rings is 2. The summed E-state index contributed by atoms with van der Waals surface area (Å²) >= 11 is 6.01. The average Bonchev–Trinajstić information content (AvgIpc) is 3.11. The van der Waals surface area contributed by atoms with Gasteiger partial charge in [0.05, 0.1) is 0 Å². The normalized spacial score (nSPS) is 11.9. The Hall–Kier alpha value is -2.86. The Kier molecular flexibility index (Phi) is 5.99. The molecule has 0 amide bonds. The second-order valence-corrected chi connectivity index (χ2v) is 7.04. The van der Waals surface area contributed by atoms with Crippen LogP contribution in [0.3, 0.4) is 0 Å². The molecule has 0 saturated heterocycles. The quantitative estimate of drug-likeness (QED) is 0.542. The molecule has 28 heavy (non-hydrogen) atoms. The van der Waals surface area contributed by atoms with Crippen LogP contribution in [-0.4, -0.2) is 22.8 Å². The van der Waals surface area contributed by atoms with Crippen LogP contribution in [0.1, 0.15) is 35.6 Å². The van der Waals surface area contributed by atoms with Gasteiger partial charge in [-0.2, -0.15) is 0 Å². The highest BCUT2D eigenvalue weighted by Crippen LogP contribution is 2.27. The van der Waals surface area contributed by atoms with Gasteiger partial charge in [0.25, 0.3) is 5.89 Å². The number of halogens is 1. The first-order valence-corrected chi connectivity index (χ1v) is 9.20. The molecule has 146 valence electrons. The van der Waals surface area contributed by atoms with Gasteiger partial charge in [0.1, 0.15) is 5.75 Å². The number of rotatable bonds is 6. The van der Waals surface area contributed by atoms with Crippen LogP contribution in [0.25, 0.3) is 11.5 Å². The fourth-order valence-corrected chi connectivity index (χ4v) is 3.08. The molecular weight excluding hydrogens is 380 g/mol. The van der Waals surface area contributed by atoms with Crippen molar-refractivity contribution in [1.29, 1.82) is 0 Å². The van der Waals surface area contributed by atoms with Crippen molar-refractivity contribution in [2.24, 2.45) is 0 Å². The number of hydrogen-bond donors (Lipinski definition) is 0. The van der Waals surface area contributed by atoms with Gasteiger partial charge in [0, 0.05) is 10.6 Å². The Morgan fingerprint density at radius 1 is 1.11 bits per heavy atom. The second kappa shape index (κ2) is 8.44. The van der Waals surface area contributed by atoms with E-state index in [1.54, 1.807) is 19.1 Å². The number of hydrogen-bond acceptors (Lipinski definition) is 6. The Labute approximate surface area is 168 Å². The number of aryl methyl sites for hydroxylation is 3. The van der Waals surface area contributed by atoms with E-state index in [1.165, 1.54) is 0 Å². The van der Waals surface area contributed by atoms with Gasteiger partial charge < -0.3 is 13.9 Å². The molecule has 2 aromatic carbocycles. The van der Waals surface area contributed by atoms with Gasteiger partial charge in [-0.1, -0.05) is 29.3 Å². The van der Waals surface area contributed by atoms with E-state index in [4.69, 9.17) is 25.5 Å². The monoisotopic (exact) mass is 400 g/mol. The Morgan fingerprint density at radius 3 is 2.39 bits per heavy atom. The minimum absolute atomic E-state index is 0.225. The van der Waals surface area contributed by atoms with E-state index in [0.29, 0.717) is 16.7 Å². The third-order valence-corrected chi connectivity index (χ3v) is 4.37. The van der Waals surface area contributed by atoms with Crippen molar-refractivity contribution in [3.8, 4) is 17.2 Å². The maximum absolute atomic E-state index is 12.1. The van der Waals surface area contributed by atoms with Gasteiger partial charge in [0.15, 0.2) is 12.7 Å². The summed E-state index contributed by atoms with van der Waals surface area (Å²) in [5, 5.41) is 8.62. The van der Waals surface area contributed by atoms with Crippen molar-refractivity contribution in [2.45, 2.75) is 33.8 Å². The first kappa shape index (κ1) is 19.9. The summed E-state index contributed by atoms with van der Waals surface area (Å²) in [6.07, 6.45) is -0.685. The smallest absolute Gasteiger partial charge is 0.344 e. The molecule has 3 aromatic rings. The molecule has 0 spiro atoms. The average molecular weight is 401 g/mol. The molecule has 7 heteroatoms. The predicted molar refractivity (Wildman–Crippen MR) is 105 cm³/mol. The van der Waals surface area contributed by atoms with E-state index in [1.807, 2.05) is 45.0 Å². The molecule has 0 unspecified atom stereocenters. The van der Waals surface area contributed by atoms with Crippen molar-refractivity contribution in [3.05, 3.63) is 64.0 Å².